The minimum atomic E-state index is -0.812. The molecule has 2 atom stereocenters. The Morgan fingerprint density at radius 3 is 2.35 bits per heavy atom. The summed E-state index contributed by atoms with van der Waals surface area (Å²) in [5, 5.41) is 11.5. The molecule has 0 radical (unpaired) electrons. The second-order valence-corrected chi connectivity index (χ2v) is 5.42. The Balaban J connectivity index is 3.43. The molecular formula is C17H21NO5. The summed E-state index contributed by atoms with van der Waals surface area (Å²) in [6, 6.07) is 8.70. The summed E-state index contributed by atoms with van der Waals surface area (Å²) in [5.74, 6) is -2.34. The van der Waals surface area contributed by atoms with Gasteiger partial charge in [0, 0.05) is 5.92 Å². The van der Waals surface area contributed by atoms with Gasteiger partial charge in [0.05, 0.1) is 23.5 Å². The standard InChI is InChI=1S/C17H21NO5/c1-4-23-16(20)10-15(18(21)22)17(14(11-19)12(2)3)13-8-6-5-7-9-13/h5-12,14,17H,4H2,1-3H3/b15-10-/t14-,17-/m1/s1. The molecule has 6 nitrogen and oxygen atoms in total. The molecule has 0 saturated heterocycles. The van der Waals surface area contributed by atoms with Crippen LogP contribution in [0.25, 0.3) is 0 Å². The third-order valence-corrected chi connectivity index (χ3v) is 3.55. The molecule has 0 bridgehead atoms. The van der Waals surface area contributed by atoms with Crippen molar-refractivity contribution in [1.29, 1.82) is 0 Å². The average Bonchev–Trinajstić information content (AvgIpc) is 2.51. The maximum Gasteiger partial charge on any atom is 0.337 e. The molecule has 0 spiro atoms. The topological polar surface area (TPSA) is 86.5 Å². The predicted octanol–water partition coefficient (Wildman–Crippen LogP) is 2.97. The normalized spacial score (nSPS) is 14.2. The van der Waals surface area contributed by atoms with Crippen LogP contribution < -0.4 is 0 Å². The van der Waals surface area contributed by atoms with Gasteiger partial charge in [-0.3, -0.25) is 10.1 Å². The van der Waals surface area contributed by atoms with E-state index in [4.69, 9.17) is 4.74 Å². The molecule has 1 aromatic rings. The van der Waals surface area contributed by atoms with Crippen LogP contribution in [-0.4, -0.2) is 23.8 Å². The summed E-state index contributed by atoms with van der Waals surface area (Å²) in [6.45, 7) is 5.38. The number of ether oxygens (including phenoxy) is 1. The summed E-state index contributed by atoms with van der Waals surface area (Å²) in [5.41, 5.74) is 0.283. The number of nitro groups is 1. The average molecular weight is 319 g/mol. The molecule has 124 valence electrons. The van der Waals surface area contributed by atoms with E-state index in [0.717, 1.165) is 6.08 Å². The number of hydrogen-bond donors (Lipinski definition) is 0. The Bertz CT molecular complexity index is 580. The van der Waals surface area contributed by atoms with Gasteiger partial charge in [-0.1, -0.05) is 44.2 Å². The highest BCUT2D eigenvalue weighted by molar-refractivity contribution is 5.82. The van der Waals surface area contributed by atoms with Gasteiger partial charge < -0.3 is 9.53 Å². The Hall–Kier alpha value is -2.50. The molecule has 0 unspecified atom stereocenters. The molecule has 0 aliphatic carbocycles. The third-order valence-electron chi connectivity index (χ3n) is 3.55. The molecule has 0 heterocycles. The zero-order valence-electron chi connectivity index (χ0n) is 13.5. The van der Waals surface area contributed by atoms with Crippen LogP contribution in [0.1, 0.15) is 32.3 Å². The summed E-state index contributed by atoms with van der Waals surface area (Å²) >= 11 is 0. The Labute approximate surface area is 135 Å². The first kappa shape index (κ1) is 18.5. The summed E-state index contributed by atoms with van der Waals surface area (Å²) in [7, 11) is 0. The van der Waals surface area contributed by atoms with Crippen LogP contribution in [0.4, 0.5) is 0 Å². The molecule has 23 heavy (non-hydrogen) atoms. The first-order valence-electron chi connectivity index (χ1n) is 7.45. The smallest absolute Gasteiger partial charge is 0.337 e. The SMILES string of the molecule is CCOC(=O)/C=C(/[C@H](c1ccccc1)[C@H](C=O)C(C)C)[N+](=O)[O-]. The van der Waals surface area contributed by atoms with E-state index >= 15 is 0 Å². The molecule has 1 aromatic carbocycles. The lowest BCUT2D eigenvalue weighted by atomic mass is 9.78. The van der Waals surface area contributed by atoms with Crippen LogP contribution in [0.2, 0.25) is 0 Å². The van der Waals surface area contributed by atoms with E-state index in [1.165, 1.54) is 0 Å². The number of rotatable bonds is 8. The zero-order chi connectivity index (χ0) is 17.4. The number of esters is 1. The van der Waals surface area contributed by atoms with Crippen molar-refractivity contribution in [2.75, 3.05) is 6.61 Å². The summed E-state index contributed by atoms with van der Waals surface area (Å²) in [4.78, 5) is 34.1. The molecule has 0 aliphatic rings. The maximum atomic E-state index is 11.7. The van der Waals surface area contributed by atoms with Crippen LogP contribution in [0.5, 0.6) is 0 Å². The van der Waals surface area contributed by atoms with Crippen molar-refractivity contribution >= 4 is 12.3 Å². The minimum Gasteiger partial charge on any atom is -0.463 e. The first-order valence-corrected chi connectivity index (χ1v) is 7.45. The van der Waals surface area contributed by atoms with Crippen molar-refractivity contribution in [3.05, 3.63) is 57.8 Å². The van der Waals surface area contributed by atoms with Gasteiger partial charge in [0.25, 0.3) is 5.70 Å². The lowest BCUT2D eigenvalue weighted by Crippen LogP contribution is -2.25. The van der Waals surface area contributed by atoms with Crippen LogP contribution in [-0.2, 0) is 14.3 Å². The molecule has 0 aliphatic heterocycles. The van der Waals surface area contributed by atoms with Crippen LogP contribution in [0.15, 0.2) is 42.1 Å². The molecular weight excluding hydrogens is 298 g/mol. The molecule has 0 N–H and O–H groups in total. The minimum absolute atomic E-state index is 0.122. The number of carbonyl (C=O) groups excluding carboxylic acids is 2. The Kier molecular flexibility index (Phi) is 7.12. The fourth-order valence-electron chi connectivity index (χ4n) is 2.43. The van der Waals surface area contributed by atoms with Gasteiger partial charge in [-0.15, -0.1) is 0 Å². The van der Waals surface area contributed by atoms with Crippen LogP contribution >= 0.6 is 0 Å². The number of hydrogen-bond acceptors (Lipinski definition) is 5. The van der Waals surface area contributed by atoms with E-state index in [-0.39, 0.29) is 18.2 Å². The van der Waals surface area contributed by atoms with Gasteiger partial charge >= 0.3 is 5.97 Å². The quantitative estimate of drug-likeness (QED) is 0.242. The van der Waals surface area contributed by atoms with Gasteiger partial charge in [0.1, 0.15) is 6.29 Å². The molecule has 0 fully saturated rings. The lowest BCUT2D eigenvalue weighted by Gasteiger charge is -2.24. The van der Waals surface area contributed by atoms with E-state index in [9.17, 15) is 19.7 Å². The molecule has 1 rings (SSSR count). The fraction of sp³-hybridized carbons (Fsp3) is 0.412. The van der Waals surface area contributed by atoms with Gasteiger partial charge in [0.15, 0.2) is 0 Å². The highest BCUT2D eigenvalue weighted by Crippen LogP contribution is 2.35. The van der Waals surface area contributed by atoms with Crippen molar-refractivity contribution in [2.24, 2.45) is 11.8 Å². The molecule has 0 saturated carbocycles. The molecule has 6 heteroatoms. The summed E-state index contributed by atoms with van der Waals surface area (Å²) in [6.07, 6.45) is 1.59. The lowest BCUT2D eigenvalue weighted by molar-refractivity contribution is -0.431. The fourth-order valence-corrected chi connectivity index (χ4v) is 2.43. The molecule has 0 amide bonds. The van der Waals surface area contributed by atoms with Crippen molar-refractivity contribution in [3.8, 4) is 0 Å². The number of carbonyl (C=O) groups is 2. The molecule has 0 aromatic heterocycles. The second kappa shape index (κ2) is 8.82. The number of allylic oxidation sites excluding steroid dienone is 1. The first-order chi connectivity index (χ1) is 10.9. The number of aldehydes is 1. The Morgan fingerprint density at radius 1 is 1.30 bits per heavy atom. The van der Waals surface area contributed by atoms with Gasteiger partial charge in [0.2, 0.25) is 0 Å². The van der Waals surface area contributed by atoms with E-state index < -0.39 is 22.7 Å². The number of nitrogens with zero attached hydrogens (tertiary/aromatic N) is 1. The van der Waals surface area contributed by atoms with Crippen molar-refractivity contribution in [1.82, 2.24) is 0 Å². The largest absolute Gasteiger partial charge is 0.463 e. The maximum absolute atomic E-state index is 11.7. The monoisotopic (exact) mass is 319 g/mol. The van der Waals surface area contributed by atoms with E-state index in [1.54, 1.807) is 37.3 Å². The van der Waals surface area contributed by atoms with Crippen molar-refractivity contribution < 1.29 is 19.2 Å². The summed E-state index contributed by atoms with van der Waals surface area (Å²) < 4.78 is 4.77. The van der Waals surface area contributed by atoms with Gasteiger partial charge in [-0.25, -0.2) is 4.79 Å². The van der Waals surface area contributed by atoms with Crippen molar-refractivity contribution in [2.45, 2.75) is 26.7 Å². The highest BCUT2D eigenvalue weighted by atomic mass is 16.6. The third kappa shape index (κ3) is 5.02. The van der Waals surface area contributed by atoms with Gasteiger partial charge in [-0.05, 0) is 18.4 Å². The van der Waals surface area contributed by atoms with E-state index in [1.807, 2.05) is 13.8 Å². The van der Waals surface area contributed by atoms with Gasteiger partial charge in [-0.2, -0.15) is 0 Å². The Morgan fingerprint density at radius 2 is 1.91 bits per heavy atom. The highest BCUT2D eigenvalue weighted by Gasteiger charge is 2.36. The van der Waals surface area contributed by atoms with Crippen molar-refractivity contribution in [3.63, 3.8) is 0 Å². The van der Waals surface area contributed by atoms with Crippen LogP contribution in [0, 0.1) is 22.0 Å². The predicted molar refractivity (Wildman–Crippen MR) is 85.3 cm³/mol. The van der Waals surface area contributed by atoms with E-state index in [2.05, 4.69) is 0 Å². The van der Waals surface area contributed by atoms with E-state index in [0.29, 0.717) is 11.8 Å². The second-order valence-electron chi connectivity index (χ2n) is 5.42. The van der Waals surface area contributed by atoms with Crippen LogP contribution in [0.3, 0.4) is 0 Å². The number of benzene rings is 1. The zero-order valence-corrected chi connectivity index (χ0v) is 13.5.